The fourth-order valence-corrected chi connectivity index (χ4v) is 2.40. The Labute approximate surface area is 105 Å². The average Bonchev–Trinajstić information content (AvgIpc) is 2.80. The second-order valence-corrected chi connectivity index (χ2v) is 4.95. The average molecular weight is 248 g/mol. The van der Waals surface area contributed by atoms with Crippen LogP contribution in [0.15, 0.2) is 40.5 Å². The summed E-state index contributed by atoms with van der Waals surface area (Å²) in [6, 6.07) is 9.52. The molecule has 90 valence electrons. The predicted octanol–water partition coefficient (Wildman–Crippen LogP) is 2.01. The molecule has 0 saturated heterocycles. The summed E-state index contributed by atoms with van der Waals surface area (Å²) in [6.45, 7) is 4.36. The Morgan fingerprint density at radius 2 is 2.18 bits per heavy atom. The second kappa shape index (κ2) is 5.80. The summed E-state index contributed by atoms with van der Waals surface area (Å²) in [7, 11) is 0. The number of aryl methyl sites for hydroxylation is 1. The van der Waals surface area contributed by atoms with Gasteiger partial charge in [0.15, 0.2) is 0 Å². The van der Waals surface area contributed by atoms with Gasteiger partial charge in [-0.2, -0.15) is 0 Å². The van der Waals surface area contributed by atoms with E-state index in [0.29, 0.717) is 0 Å². The van der Waals surface area contributed by atoms with E-state index in [2.05, 4.69) is 16.8 Å². The molecule has 0 saturated carbocycles. The lowest BCUT2D eigenvalue weighted by atomic mass is 10.3. The van der Waals surface area contributed by atoms with E-state index in [1.54, 1.807) is 28.0 Å². The number of aromatic nitrogens is 1. The molecule has 1 N–H and O–H groups in total. The maximum absolute atomic E-state index is 11.6. The Bertz CT molecular complexity index is 516. The van der Waals surface area contributed by atoms with Gasteiger partial charge in [-0.1, -0.05) is 12.1 Å². The molecular weight excluding hydrogens is 232 g/mol. The maximum atomic E-state index is 11.6. The van der Waals surface area contributed by atoms with Gasteiger partial charge in [0, 0.05) is 36.3 Å². The van der Waals surface area contributed by atoms with Crippen LogP contribution in [0.5, 0.6) is 0 Å². The molecule has 4 heteroatoms. The number of thiophene rings is 1. The van der Waals surface area contributed by atoms with Crippen molar-refractivity contribution in [1.82, 2.24) is 9.88 Å². The topological polar surface area (TPSA) is 34.0 Å². The molecule has 0 aromatic carbocycles. The van der Waals surface area contributed by atoms with Gasteiger partial charge in [-0.15, -0.1) is 11.3 Å². The molecule has 0 aliphatic carbocycles. The van der Waals surface area contributed by atoms with E-state index in [1.807, 2.05) is 19.1 Å². The Morgan fingerprint density at radius 1 is 1.29 bits per heavy atom. The fraction of sp³-hybridized carbons (Fsp3) is 0.308. The largest absolute Gasteiger partial charge is 0.312 e. The molecule has 0 aliphatic heterocycles. The van der Waals surface area contributed by atoms with Crippen molar-refractivity contribution < 1.29 is 0 Å². The minimum atomic E-state index is 0.0722. The maximum Gasteiger partial charge on any atom is 0.250 e. The highest BCUT2D eigenvalue weighted by atomic mass is 32.1. The minimum absolute atomic E-state index is 0.0722. The third-order valence-corrected chi connectivity index (χ3v) is 3.54. The lowest BCUT2D eigenvalue weighted by Gasteiger charge is -2.09. The molecule has 2 rings (SSSR count). The van der Waals surface area contributed by atoms with Crippen molar-refractivity contribution in [1.29, 1.82) is 0 Å². The van der Waals surface area contributed by atoms with Gasteiger partial charge in [0.1, 0.15) is 0 Å². The number of hydrogen-bond acceptors (Lipinski definition) is 3. The van der Waals surface area contributed by atoms with Gasteiger partial charge in [0.25, 0.3) is 5.56 Å². The van der Waals surface area contributed by atoms with Crippen LogP contribution in [0.2, 0.25) is 0 Å². The van der Waals surface area contributed by atoms with Crippen LogP contribution in [-0.4, -0.2) is 11.1 Å². The van der Waals surface area contributed by atoms with Crippen molar-refractivity contribution in [2.75, 3.05) is 6.54 Å². The van der Waals surface area contributed by atoms with Crippen LogP contribution in [0.1, 0.15) is 10.6 Å². The predicted molar refractivity (Wildman–Crippen MR) is 71.5 cm³/mol. The van der Waals surface area contributed by atoms with Crippen LogP contribution in [0, 0.1) is 6.92 Å². The first-order chi connectivity index (χ1) is 8.27. The number of nitrogens with zero attached hydrogens (tertiary/aromatic N) is 1. The second-order valence-electron chi connectivity index (χ2n) is 3.91. The highest BCUT2D eigenvalue weighted by Crippen LogP contribution is 2.06. The van der Waals surface area contributed by atoms with Crippen molar-refractivity contribution in [2.24, 2.45) is 0 Å². The van der Waals surface area contributed by atoms with Crippen molar-refractivity contribution >= 4 is 11.3 Å². The Kier molecular flexibility index (Phi) is 4.12. The third-order valence-electron chi connectivity index (χ3n) is 2.66. The van der Waals surface area contributed by atoms with E-state index < -0.39 is 0 Å². The number of rotatable bonds is 5. The molecule has 0 unspecified atom stereocenters. The molecule has 0 spiro atoms. The van der Waals surface area contributed by atoms with Gasteiger partial charge in [-0.25, -0.2) is 0 Å². The molecular formula is C13H16N2OS. The Morgan fingerprint density at radius 3 is 2.88 bits per heavy atom. The molecule has 0 fully saturated rings. The molecule has 0 aliphatic rings. The van der Waals surface area contributed by atoms with E-state index >= 15 is 0 Å². The zero-order valence-corrected chi connectivity index (χ0v) is 10.7. The number of nitrogens with one attached hydrogen (secondary N) is 1. The number of pyridine rings is 1. The molecule has 17 heavy (non-hydrogen) atoms. The molecule has 2 aromatic heterocycles. The molecule has 0 atom stereocenters. The van der Waals surface area contributed by atoms with Crippen molar-refractivity contribution in [2.45, 2.75) is 20.0 Å². The number of hydrogen-bond donors (Lipinski definition) is 1. The van der Waals surface area contributed by atoms with Crippen LogP contribution in [0.25, 0.3) is 0 Å². The normalized spacial score (nSPS) is 10.6. The Balaban J connectivity index is 1.84. The fourth-order valence-electron chi connectivity index (χ4n) is 1.73. The first-order valence-corrected chi connectivity index (χ1v) is 6.55. The molecule has 0 amide bonds. The first-order valence-electron chi connectivity index (χ1n) is 5.67. The summed E-state index contributed by atoms with van der Waals surface area (Å²) >= 11 is 1.74. The summed E-state index contributed by atoms with van der Waals surface area (Å²) in [6.07, 6.45) is 0. The van der Waals surface area contributed by atoms with E-state index in [4.69, 9.17) is 0 Å². The van der Waals surface area contributed by atoms with Crippen molar-refractivity contribution in [3.05, 3.63) is 56.6 Å². The van der Waals surface area contributed by atoms with Gasteiger partial charge in [-0.05, 0) is 24.4 Å². The SMILES string of the molecule is Cc1cccc(=O)n1CCNCc1cccs1. The van der Waals surface area contributed by atoms with Gasteiger partial charge in [0.05, 0.1) is 0 Å². The Hall–Kier alpha value is -1.39. The van der Waals surface area contributed by atoms with Gasteiger partial charge in [-0.3, -0.25) is 4.79 Å². The highest BCUT2D eigenvalue weighted by molar-refractivity contribution is 7.09. The van der Waals surface area contributed by atoms with E-state index in [1.165, 1.54) is 4.88 Å². The summed E-state index contributed by atoms with van der Waals surface area (Å²) in [4.78, 5) is 12.9. The molecule has 2 heterocycles. The van der Waals surface area contributed by atoms with Crippen molar-refractivity contribution in [3.63, 3.8) is 0 Å². The van der Waals surface area contributed by atoms with Crippen LogP contribution in [0.4, 0.5) is 0 Å². The van der Waals surface area contributed by atoms with E-state index in [9.17, 15) is 4.79 Å². The lowest BCUT2D eigenvalue weighted by molar-refractivity contribution is 0.577. The quantitative estimate of drug-likeness (QED) is 0.821. The van der Waals surface area contributed by atoms with Crippen molar-refractivity contribution in [3.8, 4) is 0 Å². The molecule has 2 aromatic rings. The smallest absolute Gasteiger partial charge is 0.250 e. The molecule has 0 radical (unpaired) electrons. The van der Waals surface area contributed by atoms with Crippen LogP contribution in [0.3, 0.4) is 0 Å². The molecule has 0 bridgehead atoms. The lowest BCUT2D eigenvalue weighted by Crippen LogP contribution is -2.27. The zero-order chi connectivity index (χ0) is 12.1. The monoisotopic (exact) mass is 248 g/mol. The van der Waals surface area contributed by atoms with Crippen LogP contribution >= 0.6 is 11.3 Å². The van der Waals surface area contributed by atoms with E-state index in [0.717, 1.165) is 25.3 Å². The van der Waals surface area contributed by atoms with Crippen LogP contribution < -0.4 is 10.9 Å². The standard InChI is InChI=1S/C13H16N2OS/c1-11-4-2-6-13(16)15(11)8-7-14-10-12-5-3-9-17-12/h2-6,9,14H,7-8,10H2,1H3. The van der Waals surface area contributed by atoms with Crippen LogP contribution in [-0.2, 0) is 13.1 Å². The summed E-state index contributed by atoms with van der Waals surface area (Å²) in [5.41, 5.74) is 1.08. The zero-order valence-electron chi connectivity index (χ0n) is 9.85. The minimum Gasteiger partial charge on any atom is -0.312 e. The van der Waals surface area contributed by atoms with Gasteiger partial charge in [0.2, 0.25) is 0 Å². The van der Waals surface area contributed by atoms with Gasteiger partial charge < -0.3 is 9.88 Å². The molecule has 3 nitrogen and oxygen atoms in total. The van der Waals surface area contributed by atoms with E-state index in [-0.39, 0.29) is 5.56 Å². The van der Waals surface area contributed by atoms with Gasteiger partial charge >= 0.3 is 0 Å². The summed E-state index contributed by atoms with van der Waals surface area (Å²) in [5, 5.41) is 5.41. The highest BCUT2D eigenvalue weighted by Gasteiger charge is 1.98. The summed E-state index contributed by atoms with van der Waals surface area (Å²) in [5.74, 6) is 0. The first kappa shape index (κ1) is 12.1. The third kappa shape index (κ3) is 3.28. The summed E-state index contributed by atoms with van der Waals surface area (Å²) < 4.78 is 1.79.